The van der Waals surface area contributed by atoms with Gasteiger partial charge >= 0.3 is 0 Å². The lowest BCUT2D eigenvalue weighted by molar-refractivity contribution is 0.155. The quantitative estimate of drug-likeness (QED) is 0.625. The molecule has 0 aliphatic heterocycles. The highest BCUT2D eigenvalue weighted by atomic mass is 79.9. The van der Waals surface area contributed by atoms with Crippen molar-refractivity contribution >= 4 is 15.9 Å². The zero-order chi connectivity index (χ0) is 8.53. The molecule has 2 heteroatoms. The second-order valence-corrected chi connectivity index (χ2v) is 3.50. The second kappa shape index (κ2) is 8.28. The van der Waals surface area contributed by atoms with Gasteiger partial charge in [-0.25, -0.2) is 0 Å². The fourth-order valence-corrected chi connectivity index (χ4v) is 0.934. The second-order valence-electron chi connectivity index (χ2n) is 2.97. The maximum Gasteiger partial charge on any atom is 0.0655 e. The van der Waals surface area contributed by atoms with Crippen LogP contribution in [0.3, 0.4) is 0 Å². The van der Waals surface area contributed by atoms with Crippen LogP contribution in [0.5, 0.6) is 0 Å². The molecule has 0 radical (unpaired) electrons. The molecule has 0 aromatic rings. The standard InChI is InChI=1S/C9H17BrO/c1-9(2)5-3-7-11-8-4-6-10/h4,6,9H,3,5,7-8H2,1-2H3/b6-4-. The smallest absolute Gasteiger partial charge is 0.0655 e. The van der Waals surface area contributed by atoms with E-state index in [2.05, 4.69) is 29.8 Å². The van der Waals surface area contributed by atoms with Crippen LogP contribution in [0.4, 0.5) is 0 Å². The topological polar surface area (TPSA) is 9.23 Å². The molecule has 0 aromatic heterocycles. The summed E-state index contributed by atoms with van der Waals surface area (Å²) in [6.45, 7) is 6.08. The first-order valence-electron chi connectivity index (χ1n) is 4.10. The van der Waals surface area contributed by atoms with Crippen LogP contribution in [-0.4, -0.2) is 13.2 Å². The fourth-order valence-electron chi connectivity index (χ4n) is 0.781. The molecule has 1 nitrogen and oxygen atoms in total. The molecule has 0 saturated heterocycles. The van der Waals surface area contributed by atoms with E-state index >= 15 is 0 Å². The molecule has 0 rings (SSSR count). The molecule has 0 atom stereocenters. The lowest BCUT2D eigenvalue weighted by Gasteiger charge is -2.03. The molecule has 0 bridgehead atoms. The third-order valence-corrected chi connectivity index (χ3v) is 1.75. The van der Waals surface area contributed by atoms with Crippen molar-refractivity contribution in [3.05, 3.63) is 11.1 Å². The Labute approximate surface area is 78.0 Å². The van der Waals surface area contributed by atoms with Gasteiger partial charge in [0.05, 0.1) is 6.61 Å². The predicted molar refractivity (Wildman–Crippen MR) is 53.0 cm³/mol. The van der Waals surface area contributed by atoms with Gasteiger partial charge in [0.1, 0.15) is 0 Å². The van der Waals surface area contributed by atoms with Crippen molar-refractivity contribution in [2.45, 2.75) is 26.7 Å². The van der Waals surface area contributed by atoms with Crippen molar-refractivity contribution in [2.75, 3.05) is 13.2 Å². The Hall–Kier alpha value is 0.180. The number of hydrogen-bond acceptors (Lipinski definition) is 1. The first-order chi connectivity index (χ1) is 5.27. The van der Waals surface area contributed by atoms with Crippen LogP contribution in [0.2, 0.25) is 0 Å². The van der Waals surface area contributed by atoms with Crippen LogP contribution in [0, 0.1) is 5.92 Å². The number of ether oxygens (including phenoxy) is 1. The highest BCUT2D eigenvalue weighted by Crippen LogP contribution is 2.02. The van der Waals surface area contributed by atoms with Gasteiger partial charge in [-0.1, -0.05) is 35.9 Å². The molecule has 0 aromatic carbocycles. The fraction of sp³-hybridized carbons (Fsp3) is 0.778. The molecular weight excluding hydrogens is 204 g/mol. The minimum atomic E-state index is 0.726. The van der Waals surface area contributed by atoms with Gasteiger partial charge in [0.25, 0.3) is 0 Å². The maximum absolute atomic E-state index is 5.31. The lowest BCUT2D eigenvalue weighted by atomic mass is 10.1. The normalized spacial score (nSPS) is 11.6. The van der Waals surface area contributed by atoms with Crippen molar-refractivity contribution in [3.8, 4) is 0 Å². The molecule has 0 aliphatic carbocycles. The van der Waals surface area contributed by atoms with Crippen molar-refractivity contribution in [1.82, 2.24) is 0 Å². The maximum atomic E-state index is 5.31. The average Bonchev–Trinajstić information content (AvgIpc) is 1.96. The van der Waals surface area contributed by atoms with Crippen LogP contribution < -0.4 is 0 Å². The first-order valence-corrected chi connectivity index (χ1v) is 5.02. The number of hydrogen-bond donors (Lipinski definition) is 0. The Morgan fingerprint density at radius 1 is 1.45 bits per heavy atom. The molecule has 66 valence electrons. The van der Waals surface area contributed by atoms with Crippen LogP contribution >= 0.6 is 15.9 Å². The molecule has 0 amide bonds. The SMILES string of the molecule is CC(C)CCCOC/C=C\Br. The highest BCUT2D eigenvalue weighted by molar-refractivity contribution is 9.11. The molecule has 0 N–H and O–H groups in total. The Morgan fingerprint density at radius 3 is 2.73 bits per heavy atom. The van der Waals surface area contributed by atoms with Gasteiger partial charge in [-0.05, 0) is 23.7 Å². The van der Waals surface area contributed by atoms with E-state index in [0.29, 0.717) is 0 Å². The van der Waals surface area contributed by atoms with E-state index in [4.69, 9.17) is 4.74 Å². The predicted octanol–water partition coefficient (Wildman–Crippen LogP) is 3.35. The summed E-state index contributed by atoms with van der Waals surface area (Å²) >= 11 is 3.18. The Kier molecular flexibility index (Phi) is 8.41. The number of rotatable bonds is 6. The van der Waals surface area contributed by atoms with Crippen molar-refractivity contribution in [1.29, 1.82) is 0 Å². The molecule has 11 heavy (non-hydrogen) atoms. The highest BCUT2D eigenvalue weighted by Gasteiger charge is 1.92. The third-order valence-electron chi connectivity index (χ3n) is 1.37. The Morgan fingerprint density at radius 2 is 2.18 bits per heavy atom. The summed E-state index contributed by atoms with van der Waals surface area (Å²) < 4.78 is 5.31. The van der Waals surface area contributed by atoms with Crippen LogP contribution in [0.1, 0.15) is 26.7 Å². The zero-order valence-electron chi connectivity index (χ0n) is 7.35. The summed E-state index contributed by atoms with van der Waals surface area (Å²) in [5.74, 6) is 0.797. The summed E-state index contributed by atoms with van der Waals surface area (Å²) in [4.78, 5) is 1.83. The van der Waals surface area contributed by atoms with Gasteiger partial charge in [-0.15, -0.1) is 0 Å². The molecular formula is C9H17BrO. The monoisotopic (exact) mass is 220 g/mol. The molecule has 0 spiro atoms. The van der Waals surface area contributed by atoms with E-state index in [1.54, 1.807) is 0 Å². The lowest BCUT2D eigenvalue weighted by Crippen LogP contribution is -1.96. The van der Waals surface area contributed by atoms with Gasteiger partial charge in [0, 0.05) is 6.61 Å². The molecule has 0 fully saturated rings. The third kappa shape index (κ3) is 10.2. The summed E-state index contributed by atoms with van der Waals surface area (Å²) in [5, 5.41) is 0. The average molecular weight is 221 g/mol. The van der Waals surface area contributed by atoms with Crippen LogP contribution in [0.15, 0.2) is 11.1 Å². The van der Waals surface area contributed by atoms with Crippen molar-refractivity contribution < 1.29 is 4.74 Å². The van der Waals surface area contributed by atoms with Gasteiger partial charge in [-0.3, -0.25) is 0 Å². The number of halogens is 1. The molecule has 0 unspecified atom stereocenters. The molecule has 0 aliphatic rings. The molecule has 0 heterocycles. The van der Waals surface area contributed by atoms with Crippen molar-refractivity contribution in [3.63, 3.8) is 0 Å². The summed E-state index contributed by atoms with van der Waals surface area (Å²) in [7, 11) is 0. The minimum Gasteiger partial charge on any atom is -0.377 e. The zero-order valence-corrected chi connectivity index (χ0v) is 8.93. The van der Waals surface area contributed by atoms with Gasteiger partial charge in [-0.2, -0.15) is 0 Å². The van der Waals surface area contributed by atoms with Crippen LogP contribution in [-0.2, 0) is 4.74 Å². The van der Waals surface area contributed by atoms with E-state index < -0.39 is 0 Å². The Balaban J connectivity index is 2.91. The van der Waals surface area contributed by atoms with Crippen molar-refractivity contribution in [2.24, 2.45) is 5.92 Å². The van der Waals surface area contributed by atoms with E-state index in [1.807, 2.05) is 11.1 Å². The van der Waals surface area contributed by atoms with E-state index in [1.165, 1.54) is 12.8 Å². The van der Waals surface area contributed by atoms with E-state index in [9.17, 15) is 0 Å². The summed E-state index contributed by atoms with van der Waals surface area (Å²) in [5.41, 5.74) is 0. The minimum absolute atomic E-state index is 0.726. The Bertz CT molecular complexity index is 99.7. The van der Waals surface area contributed by atoms with Gasteiger partial charge < -0.3 is 4.74 Å². The largest absolute Gasteiger partial charge is 0.377 e. The first kappa shape index (κ1) is 11.2. The van der Waals surface area contributed by atoms with Gasteiger partial charge in [0.15, 0.2) is 0 Å². The van der Waals surface area contributed by atoms with Gasteiger partial charge in [0.2, 0.25) is 0 Å². The summed E-state index contributed by atoms with van der Waals surface area (Å²) in [6, 6.07) is 0. The van der Waals surface area contributed by atoms with Crippen LogP contribution in [0.25, 0.3) is 0 Å². The summed E-state index contributed by atoms with van der Waals surface area (Å²) in [6.07, 6.45) is 4.39. The molecule has 0 saturated carbocycles. The van der Waals surface area contributed by atoms with E-state index in [0.717, 1.165) is 19.1 Å². The van der Waals surface area contributed by atoms with E-state index in [-0.39, 0.29) is 0 Å².